The standard InChI is InChI=1S/C9H13NO2S/c1-7-3-4-9(8(10)5-7)13(11)6-12-2/h3-5H,6,10H2,1-2H3. The summed E-state index contributed by atoms with van der Waals surface area (Å²) >= 11 is 0. The Morgan fingerprint density at radius 2 is 2.23 bits per heavy atom. The van der Waals surface area contributed by atoms with Crippen LogP contribution in [0.15, 0.2) is 23.1 Å². The Kier molecular flexibility index (Phi) is 3.45. The summed E-state index contributed by atoms with van der Waals surface area (Å²) in [5.74, 6) is 0.188. The molecule has 0 saturated carbocycles. The van der Waals surface area contributed by atoms with Crippen molar-refractivity contribution < 1.29 is 8.95 Å². The van der Waals surface area contributed by atoms with Gasteiger partial charge in [-0.3, -0.25) is 4.21 Å². The highest BCUT2D eigenvalue weighted by molar-refractivity contribution is 7.85. The molecule has 13 heavy (non-hydrogen) atoms. The van der Waals surface area contributed by atoms with E-state index in [9.17, 15) is 4.21 Å². The number of methoxy groups -OCH3 is 1. The Morgan fingerprint density at radius 1 is 1.54 bits per heavy atom. The first-order valence-corrected chi connectivity index (χ1v) is 5.20. The molecule has 0 spiro atoms. The van der Waals surface area contributed by atoms with Crippen LogP contribution < -0.4 is 5.73 Å². The fourth-order valence-electron chi connectivity index (χ4n) is 1.05. The number of benzene rings is 1. The van der Waals surface area contributed by atoms with Crippen molar-refractivity contribution in [3.63, 3.8) is 0 Å². The molecule has 0 fully saturated rings. The van der Waals surface area contributed by atoms with Crippen LogP contribution >= 0.6 is 0 Å². The van der Waals surface area contributed by atoms with Gasteiger partial charge in [0, 0.05) is 12.8 Å². The molecule has 1 rings (SSSR count). The summed E-state index contributed by atoms with van der Waals surface area (Å²) in [6, 6.07) is 5.47. The van der Waals surface area contributed by atoms with Crippen LogP contribution in [0.5, 0.6) is 0 Å². The molecule has 0 heterocycles. The highest BCUT2D eigenvalue weighted by atomic mass is 32.2. The van der Waals surface area contributed by atoms with E-state index in [1.807, 2.05) is 19.1 Å². The van der Waals surface area contributed by atoms with Gasteiger partial charge in [0.15, 0.2) is 0 Å². The van der Waals surface area contributed by atoms with Crippen LogP contribution in [0.2, 0.25) is 0 Å². The van der Waals surface area contributed by atoms with Gasteiger partial charge in [-0.05, 0) is 24.6 Å². The van der Waals surface area contributed by atoms with Gasteiger partial charge in [-0.25, -0.2) is 0 Å². The van der Waals surface area contributed by atoms with Crippen LogP contribution in [0.25, 0.3) is 0 Å². The molecule has 1 atom stereocenters. The zero-order valence-corrected chi connectivity index (χ0v) is 8.56. The number of nitrogen functional groups attached to an aromatic ring is 1. The van der Waals surface area contributed by atoms with Crippen molar-refractivity contribution >= 4 is 16.5 Å². The van der Waals surface area contributed by atoms with E-state index in [2.05, 4.69) is 0 Å². The zero-order chi connectivity index (χ0) is 9.84. The first-order valence-electron chi connectivity index (χ1n) is 3.88. The van der Waals surface area contributed by atoms with E-state index in [0.29, 0.717) is 10.6 Å². The third-order valence-corrected chi connectivity index (χ3v) is 2.95. The molecule has 0 aliphatic rings. The summed E-state index contributed by atoms with van der Waals surface area (Å²) in [4.78, 5) is 0.646. The van der Waals surface area contributed by atoms with E-state index in [-0.39, 0.29) is 5.94 Å². The molecule has 1 aromatic carbocycles. The maximum Gasteiger partial charge on any atom is 0.126 e. The van der Waals surface area contributed by atoms with Crippen molar-refractivity contribution in [3.8, 4) is 0 Å². The minimum atomic E-state index is -1.15. The normalized spacial score (nSPS) is 12.8. The lowest BCUT2D eigenvalue weighted by Gasteiger charge is -2.05. The van der Waals surface area contributed by atoms with Gasteiger partial charge in [0.25, 0.3) is 0 Å². The smallest absolute Gasteiger partial charge is 0.126 e. The fraction of sp³-hybridized carbons (Fsp3) is 0.333. The van der Waals surface area contributed by atoms with Gasteiger partial charge in [0.1, 0.15) is 5.94 Å². The number of rotatable bonds is 3. The predicted octanol–water partition coefficient (Wildman–Crippen LogP) is 1.29. The number of hydrogen-bond donors (Lipinski definition) is 1. The average molecular weight is 199 g/mol. The Hall–Kier alpha value is -0.870. The molecule has 3 nitrogen and oxygen atoms in total. The quantitative estimate of drug-likeness (QED) is 0.746. The second kappa shape index (κ2) is 4.39. The SMILES string of the molecule is COCS(=O)c1ccc(C)cc1N. The van der Waals surface area contributed by atoms with Crippen molar-refractivity contribution in [2.24, 2.45) is 0 Å². The minimum Gasteiger partial charge on any atom is -0.398 e. The highest BCUT2D eigenvalue weighted by Gasteiger charge is 2.06. The molecule has 0 amide bonds. The van der Waals surface area contributed by atoms with Crippen molar-refractivity contribution in [2.75, 3.05) is 18.8 Å². The van der Waals surface area contributed by atoms with Gasteiger partial charge in [0.05, 0.1) is 15.7 Å². The summed E-state index contributed by atoms with van der Waals surface area (Å²) in [5.41, 5.74) is 7.33. The Labute approximate surface area is 80.4 Å². The number of hydrogen-bond acceptors (Lipinski definition) is 3. The molecule has 0 radical (unpaired) electrons. The van der Waals surface area contributed by atoms with Crippen molar-refractivity contribution in [2.45, 2.75) is 11.8 Å². The van der Waals surface area contributed by atoms with Gasteiger partial charge in [-0.1, -0.05) is 6.07 Å². The van der Waals surface area contributed by atoms with Crippen LogP contribution in [0.4, 0.5) is 5.69 Å². The second-order valence-corrected chi connectivity index (χ2v) is 4.16. The first kappa shape index (κ1) is 10.2. The third kappa shape index (κ3) is 2.54. The van der Waals surface area contributed by atoms with Crippen LogP contribution in [0.1, 0.15) is 5.56 Å². The van der Waals surface area contributed by atoms with Gasteiger partial charge in [-0.15, -0.1) is 0 Å². The van der Waals surface area contributed by atoms with Crippen molar-refractivity contribution in [1.82, 2.24) is 0 Å². The lowest BCUT2D eigenvalue weighted by molar-refractivity contribution is 0.254. The topological polar surface area (TPSA) is 52.3 Å². The van der Waals surface area contributed by atoms with E-state index in [0.717, 1.165) is 5.56 Å². The van der Waals surface area contributed by atoms with Crippen molar-refractivity contribution in [3.05, 3.63) is 23.8 Å². The number of aryl methyl sites for hydroxylation is 1. The Bertz CT molecular complexity index is 325. The summed E-state index contributed by atoms with van der Waals surface area (Å²) in [6.07, 6.45) is 0. The molecule has 0 aliphatic carbocycles. The fourth-order valence-corrected chi connectivity index (χ4v) is 1.93. The molecule has 0 aliphatic heterocycles. The van der Waals surface area contributed by atoms with Crippen molar-refractivity contribution in [1.29, 1.82) is 0 Å². The monoisotopic (exact) mass is 199 g/mol. The molecule has 2 N–H and O–H groups in total. The molecule has 1 aromatic rings. The van der Waals surface area contributed by atoms with Crippen LogP contribution in [0.3, 0.4) is 0 Å². The summed E-state index contributed by atoms with van der Waals surface area (Å²) in [7, 11) is 0.366. The van der Waals surface area contributed by atoms with E-state index in [4.69, 9.17) is 10.5 Å². The molecule has 1 unspecified atom stereocenters. The third-order valence-electron chi connectivity index (χ3n) is 1.64. The van der Waals surface area contributed by atoms with Crippen LogP contribution in [-0.4, -0.2) is 17.3 Å². The molecule has 72 valence electrons. The van der Waals surface area contributed by atoms with E-state index in [1.165, 1.54) is 7.11 Å². The maximum atomic E-state index is 11.5. The zero-order valence-electron chi connectivity index (χ0n) is 7.74. The van der Waals surface area contributed by atoms with Gasteiger partial charge in [0.2, 0.25) is 0 Å². The lowest BCUT2D eigenvalue weighted by atomic mass is 10.2. The summed E-state index contributed by atoms with van der Waals surface area (Å²) in [5, 5.41) is 0. The number of anilines is 1. The maximum absolute atomic E-state index is 11.5. The number of ether oxygens (including phenoxy) is 1. The molecule has 0 bridgehead atoms. The molecule has 0 aromatic heterocycles. The van der Waals surface area contributed by atoms with Gasteiger partial charge in [-0.2, -0.15) is 0 Å². The van der Waals surface area contributed by atoms with Gasteiger partial charge < -0.3 is 10.5 Å². The number of nitrogens with two attached hydrogens (primary N) is 1. The van der Waals surface area contributed by atoms with E-state index < -0.39 is 10.8 Å². The predicted molar refractivity (Wildman–Crippen MR) is 53.9 cm³/mol. The summed E-state index contributed by atoms with van der Waals surface area (Å²) in [6.45, 7) is 1.94. The Balaban J connectivity index is 2.95. The first-order chi connectivity index (χ1) is 6.15. The second-order valence-electron chi connectivity index (χ2n) is 2.79. The largest absolute Gasteiger partial charge is 0.398 e. The minimum absolute atomic E-state index is 0.188. The molecule has 4 heteroatoms. The molecular weight excluding hydrogens is 186 g/mol. The van der Waals surface area contributed by atoms with Crippen LogP contribution in [-0.2, 0) is 15.5 Å². The summed E-state index contributed by atoms with van der Waals surface area (Å²) < 4.78 is 16.3. The average Bonchev–Trinajstić information content (AvgIpc) is 2.04. The van der Waals surface area contributed by atoms with Crippen LogP contribution in [0, 0.1) is 6.92 Å². The Morgan fingerprint density at radius 3 is 2.77 bits per heavy atom. The van der Waals surface area contributed by atoms with E-state index >= 15 is 0 Å². The van der Waals surface area contributed by atoms with E-state index in [1.54, 1.807) is 6.07 Å². The van der Waals surface area contributed by atoms with Gasteiger partial charge >= 0.3 is 0 Å². The highest BCUT2D eigenvalue weighted by Crippen LogP contribution is 2.17. The molecular formula is C9H13NO2S. The molecule has 0 saturated heterocycles. The lowest BCUT2D eigenvalue weighted by Crippen LogP contribution is -2.03.